The van der Waals surface area contributed by atoms with Crippen LogP contribution in [0.15, 0.2) is 36.4 Å². The third-order valence-electron chi connectivity index (χ3n) is 3.53. The third kappa shape index (κ3) is 3.34. The van der Waals surface area contributed by atoms with Gasteiger partial charge in [0.05, 0.1) is 11.6 Å². The molecule has 1 amide bonds. The minimum atomic E-state index is -0.327. The summed E-state index contributed by atoms with van der Waals surface area (Å²) in [6.07, 6.45) is 0.868. The number of rotatable bonds is 3. The maximum atomic E-state index is 12.1. The predicted octanol–water partition coefficient (Wildman–Crippen LogP) is 3.37. The van der Waals surface area contributed by atoms with Crippen LogP contribution in [0.4, 0.5) is 0 Å². The van der Waals surface area contributed by atoms with Gasteiger partial charge in [-0.05, 0) is 30.2 Å². The minimum Gasteiger partial charge on any atom is -0.493 e. The van der Waals surface area contributed by atoms with Crippen molar-refractivity contribution < 1.29 is 9.53 Å². The van der Waals surface area contributed by atoms with Crippen LogP contribution < -0.4 is 10.1 Å². The maximum Gasteiger partial charge on any atom is 0.271 e. The molecule has 2 heterocycles. The predicted molar refractivity (Wildman–Crippen MR) is 85.7 cm³/mol. The number of nitrogens with one attached hydrogen (secondary N) is 1. The fourth-order valence-electron chi connectivity index (χ4n) is 2.42. The largest absolute Gasteiger partial charge is 0.493 e. The summed E-state index contributed by atoms with van der Waals surface area (Å²) >= 11 is 11.8. The Balaban J connectivity index is 1.61. The van der Waals surface area contributed by atoms with E-state index in [1.807, 2.05) is 24.3 Å². The van der Waals surface area contributed by atoms with Crippen LogP contribution in [0.5, 0.6) is 5.75 Å². The van der Waals surface area contributed by atoms with Crippen LogP contribution in [0.25, 0.3) is 0 Å². The molecule has 1 unspecified atom stereocenters. The molecule has 0 saturated heterocycles. The van der Waals surface area contributed by atoms with Crippen molar-refractivity contribution in [2.24, 2.45) is 5.92 Å². The molecule has 1 aromatic heterocycles. The van der Waals surface area contributed by atoms with Crippen molar-refractivity contribution >= 4 is 29.1 Å². The van der Waals surface area contributed by atoms with Gasteiger partial charge in [-0.3, -0.25) is 4.79 Å². The highest BCUT2D eigenvalue weighted by Gasteiger charge is 2.21. The number of fused-ring (bicyclic) bond motifs is 1. The molecule has 22 heavy (non-hydrogen) atoms. The van der Waals surface area contributed by atoms with Crippen molar-refractivity contribution in [1.29, 1.82) is 0 Å². The number of carbonyl (C=O) groups excluding carboxylic acids is 1. The summed E-state index contributed by atoms with van der Waals surface area (Å²) in [6, 6.07) is 11.0. The Kier molecular flexibility index (Phi) is 4.50. The van der Waals surface area contributed by atoms with Gasteiger partial charge in [-0.2, -0.15) is 0 Å². The first kappa shape index (κ1) is 15.1. The molecule has 1 N–H and O–H groups in total. The molecule has 1 aliphatic rings. The average Bonchev–Trinajstić information content (AvgIpc) is 2.54. The van der Waals surface area contributed by atoms with Crippen LogP contribution in [0.2, 0.25) is 10.2 Å². The molecule has 0 radical (unpaired) electrons. The Morgan fingerprint density at radius 2 is 2.09 bits per heavy atom. The molecule has 2 aromatic rings. The molecule has 114 valence electrons. The van der Waals surface area contributed by atoms with E-state index < -0.39 is 0 Å². The number of carbonyl (C=O) groups is 1. The number of benzene rings is 1. The molecule has 6 heteroatoms. The quantitative estimate of drug-likeness (QED) is 0.874. The van der Waals surface area contributed by atoms with Crippen LogP contribution in [-0.4, -0.2) is 24.0 Å². The molecule has 0 saturated carbocycles. The Bertz CT molecular complexity index is 706. The zero-order valence-electron chi connectivity index (χ0n) is 11.7. The van der Waals surface area contributed by atoms with Gasteiger partial charge < -0.3 is 10.1 Å². The van der Waals surface area contributed by atoms with Gasteiger partial charge in [-0.15, -0.1) is 0 Å². The normalized spacial score (nSPS) is 16.5. The van der Waals surface area contributed by atoms with E-state index in [9.17, 15) is 4.79 Å². The molecule has 1 aliphatic heterocycles. The number of hydrogen-bond acceptors (Lipinski definition) is 3. The SMILES string of the molecule is O=C(NCC1COc2ccccc2C1)c1nc(Cl)ccc1Cl. The second kappa shape index (κ2) is 6.55. The highest BCUT2D eigenvalue weighted by molar-refractivity contribution is 6.34. The second-order valence-electron chi connectivity index (χ2n) is 5.16. The second-order valence-corrected chi connectivity index (χ2v) is 5.96. The number of amides is 1. The molecule has 1 aromatic carbocycles. The molecule has 0 aliphatic carbocycles. The van der Waals surface area contributed by atoms with Crippen molar-refractivity contribution in [3.63, 3.8) is 0 Å². The van der Waals surface area contributed by atoms with Crippen molar-refractivity contribution in [3.8, 4) is 5.75 Å². The van der Waals surface area contributed by atoms with Crippen LogP contribution in [-0.2, 0) is 6.42 Å². The average molecular weight is 337 g/mol. The topological polar surface area (TPSA) is 51.2 Å². The van der Waals surface area contributed by atoms with Crippen LogP contribution in [0.3, 0.4) is 0 Å². The van der Waals surface area contributed by atoms with Gasteiger partial charge in [0, 0.05) is 12.5 Å². The lowest BCUT2D eigenvalue weighted by atomic mass is 9.97. The van der Waals surface area contributed by atoms with E-state index in [2.05, 4.69) is 10.3 Å². The molecule has 0 fully saturated rings. The first-order valence-electron chi connectivity index (χ1n) is 6.94. The minimum absolute atomic E-state index is 0.145. The number of halogens is 2. The first-order valence-corrected chi connectivity index (χ1v) is 7.70. The van der Waals surface area contributed by atoms with E-state index in [4.69, 9.17) is 27.9 Å². The monoisotopic (exact) mass is 336 g/mol. The van der Waals surface area contributed by atoms with E-state index in [1.165, 1.54) is 0 Å². The van der Waals surface area contributed by atoms with Crippen molar-refractivity contribution in [2.45, 2.75) is 6.42 Å². The number of pyridine rings is 1. The van der Waals surface area contributed by atoms with E-state index >= 15 is 0 Å². The lowest BCUT2D eigenvalue weighted by Gasteiger charge is -2.25. The number of para-hydroxylation sites is 1. The molecule has 1 atom stereocenters. The van der Waals surface area contributed by atoms with E-state index in [0.717, 1.165) is 17.7 Å². The van der Waals surface area contributed by atoms with Crippen LogP contribution in [0, 0.1) is 5.92 Å². The molecule has 4 nitrogen and oxygen atoms in total. The van der Waals surface area contributed by atoms with Gasteiger partial charge >= 0.3 is 0 Å². The lowest BCUT2D eigenvalue weighted by molar-refractivity contribution is 0.0934. The van der Waals surface area contributed by atoms with Gasteiger partial charge in [-0.1, -0.05) is 41.4 Å². The summed E-state index contributed by atoms with van der Waals surface area (Å²) in [7, 11) is 0. The zero-order chi connectivity index (χ0) is 15.5. The maximum absolute atomic E-state index is 12.1. The smallest absolute Gasteiger partial charge is 0.271 e. The van der Waals surface area contributed by atoms with Gasteiger partial charge in [0.1, 0.15) is 16.6 Å². The molecule has 0 bridgehead atoms. The summed E-state index contributed by atoms with van der Waals surface area (Å²) in [5, 5.41) is 3.37. The summed E-state index contributed by atoms with van der Waals surface area (Å²) in [4.78, 5) is 16.1. The van der Waals surface area contributed by atoms with E-state index in [0.29, 0.717) is 13.2 Å². The fourth-order valence-corrected chi connectivity index (χ4v) is 2.76. The van der Waals surface area contributed by atoms with E-state index in [-0.39, 0.29) is 27.7 Å². The third-order valence-corrected chi connectivity index (χ3v) is 4.05. The summed E-state index contributed by atoms with van der Waals surface area (Å²) in [5.41, 5.74) is 1.30. The van der Waals surface area contributed by atoms with E-state index in [1.54, 1.807) is 12.1 Å². The number of hydrogen-bond donors (Lipinski definition) is 1. The number of aromatic nitrogens is 1. The number of nitrogens with zero attached hydrogens (tertiary/aromatic N) is 1. The summed E-state index contributed by atoms with van der Waals surface area (Å²) < 4.78 is 5.70. The Labute approximate surface area is 138 Å². The fraction of sp³-hybridized carbons (Fsp3) is 0.250. The Morgan fingerprint density at radius 1 is 1.27 bits per heavy atom. The standard InChI is InChI=1S/C16H14Cl2N2O2/c17-12-5-6-14(18)20-15(12)16(21)19-8-10-7-11-3-1-2-4-13(11)22-9-10/h1-6,10H,7-9H2,(H,19,21). The van der Waals surface area contributed by atoms with Crippen molar-refractivity contribution in [2.75, 3.05) is 13.2 Å². The van der Waals surface area contributed by atoms with Crippen molar-refractivity contribution in [1.82, 2.24) is 10.3 Å². The number of ether oxygens (including phenoxy) is 1. The zero-order valence-corrected chi connectivity index (χ0v) is 13.2. The van der Waals surface area contributed by atoms with Crippen molar-refractivity contribution in [3.05, 3.63) is 57.8 Å². The molecule has 3 rings (SSSR count). The van der Waals surface area contributed by atoms with Gasteiger partial charge in [0.2, 0.25) is 0 Å². The highest BCUT2D eigenvalue weighted by atomic mass is 35.5. The van der Waals surface area contributed by atoms with Gasteiger partial charge in [-0.25, -0.2) is 4.98 Å². The molecule has 0 spiro atoms. The lowest BCUT2D eigenvalue weighted by Crippen LogP contribution is -2.35. The Morgan fingerprint density at radius 3 is 2.95 bits per heavy atom. The van der Waals surface area contributed by atoms with Crippen LogP contribution in [0.1, 0.15) is 16.1 Å². The summed E-state index contributed by atoms with van der Waals surface area (Å²) in [6.45, 7) is 1.08. The molecular formula is C16H14Cl2N2O2. The first-order chi connectivity index (χ1) is 10.6. The molecular weight excluding hydrogens is 323 g/mol. The van der Waals surface area contributed by atoms with Gasteiger partial charge in [0.15, 0.2) is 0 Å². The van der Waals surface area contributed by atoms with Crippen LogP contribution >= 0.6 is 23.2 Å². The highest BCUT2D eigenvalue weighted by Crippen LogP contribution is 2.26. The summed E-state index contributed by atoms with van der Waals surface area (Å²) in [5.74, 6) is 0.813. The Hall–Kier alpha value is -1.78. The van der Waals surface area contributed by atoms with Gasteiger partial charge in [0.25, 0.3) is 5.91 Å².